The van der Waals surface area contributed by atoms with Gasteiger partial charge >= 0.3 is 34.9 Å². The average Bonchev–Trinajstić information content (AvgIpc) is 3.21. The van der Waals surface area contributed by atoms with Crippen molar-refractivity contribution in [1.29, 1.82) is 0 Å². The Labute approximate surface area is 215 Å². The van der Waals surface area contributed by atoms with Crippen LogP contribution >= 0.6 is 0 Å². The SMILES string of the molecule is CC(CC1=Cc2ccccc2C1[c-]1ccc2ccccc21)O[Si](C)(C)C.C[CH]=[Zr+2].[Cl-].[Cl-]. The van der Waals surface area contributed by atoms with Gasteiger partial charge in [0.2, 0.25) is 0 Å². The summed E-state index contributed by atoms with van der Waals surface area (Å²) in [5.41, 5.74) is 5.70. The number of hydrogen-bond donors (Lipinski definition) is 0. The van der Waals surface area contributed by atoms with Crippen LogP contribution in [0.1, 0.15) is 42.9 Å². The Morgan fingerprint density at radius 1 is 1.03 bits per heavy atom. The standard InChI is InChI=1S/C24H27OSi.C2H4.2ClH.Zr/c1-17(25-26(2,3)4)15-20-16-19-10-6-8-12-22(19)24(20)23-14-13-18-9-5-7-11-21(18)23;1-2;;;/h5-14,16-17,24H,15H2,1-4H3;1H,2H3;2*1H;/q-1;;;;+2/p-2. The molecule has 3 aromatic carbocycles. The van der Waals surface area contributed by atoms with Gasteiger partial charge in [0.05, 0.1) is 0 Å². The summed E-state index contributed by atoms with van der Waals surface area (Å²) >= 11 is 1.51. The molecule has 5 heteroatoms. The minimum Gasteiger partial charge on any atom is -1.00 e. The van der Waals surface area contributed by atoms with Gasteiger partial charge in [-0.05, 0) is 50.0 Å². The van der Waals surface area contributed by atoms with E-state index >= 15 is 0 Å². The third kappa shape index (κ3) is 7.14. The molecule has 3 aromatic rings. The third-order valence-electron chi connectivity index (χ3n) is 5.12. The Hall–Kier alpha value is -0.700. The molecule has 1 aliphatic rings. The molecular weight excluding hydrogens is 519 g/mol. The maximum atomic E-state index is 6.35. The molecule has 0 fully saturated rings. The Bertz CT molecular complexity index is 1020. The molecular formula is C26H31Cl2OSiZr-. The van der Waals surface area contributed by atoms with Crippen LogP contribution in [0, 0.1) is 0 Å². The molecule has 2 atom stereocenters. The van der Waals surface area contributed by atoms with Crippen molar-refractivity contribution < 1.29 is 53.5 Å². The predicted molar refractivity (Wildman–Crippen MR) is 126 cm³/mol. The average molecular weight is 550 g/mol. The molecule has 0 saturated heterocycles. The van der Waals surface area contributed by atoms with Gasteiger partial charge in [-0.3, -0.25) is 0 Å². The fraction of sp³-hybridized carbons (Fsp3) is 0.308. The van der Waals surface area contributed by atoms with Crippen molar-refractivity contribution in [1.82, 2.24) is 0 Å². The third-order valence-corrected chi connectivity index (χ3v) is 6.23. The maximum absolute atomic E-state index is 6.35. The van der Waals surface area contributed by atoms with Crippen molar-refractivity contribution in [2.45, 2.75) is 51.9 Å². The minimum atomic E-state index is -1.53. The van der Waals surface area contributed by atoms with Crippen LogP contribution in [0.5, 0.6) is 0 Å². The smallest absolute Gasteiger partial charge is 1.00 e. The normalized spacial score (nSPS) is 15.6. The van der Waals surface area contributed by atoms with Crippen molar-refractivity contribution >= 4 is 28.9 Å². The van der Waals surface area contributed by atoms with E-state index < -0.39 is 8.32 Å². The van der Waals surface area contributed by atoms with E-state index in [4.69, 9.17) is 4.43 Å². The van der Waals surface area contributed by atoms with Gasteiger partial charge < -0.3 is 29.2 Å². The first kappa shape index (κ1) is 28.3. The molecule has 0 aliphatic heterocycles. The fourth-order valence-electron chi connectivity index (χ4n) is 4.34. The van der Waals surface area contributed by atoms with Crippen molar-refractivity contribution in [2.75, 3.05) is 0 Å². The summed E-state index contributed by atoms with van der Waals surface area (Å²) in [6.07, 6.45) is 3.64. The molecule has 4 rings (SSSR count). The van der Waals surface area contributed by atoms with Crippen LogP contribution in [-0.4, -0.2) is 18.1 Å². The van der Waals surface area contributed by atoms with E-state index in [2.05, 4.69) is 97.0 Å². The van der Waals surface area contributed by atoms with Crippen molar-refractivity contribution in [3.05, 3.63) is 82.9 Å². The monoisotopic (exact) mass is 547 g/mol. The Morgan fingerprint density at radius 2 is 1.65 bits per heavy atom. The second kappa shape index (κ2) is 12.5. The van der Waals surface area contributed by atoms with Gasteiger partial charge in [-0.2, -0.15) is 6.07 Å². The maximum Gasteiger partial charge on any atom is -1.00 e. The van der Waals surface area contributed by atoms with Gasteiger partial charge in [-0.15, -0.1) is 40.6 Å². The number of fused-ring (bicyclic) bond motifs is 2. The number of benzene rings is 2. The van der Waals surface area contributed by atoms with E-state index in [-0.39, 0.29) is 30.9 Å². The number of rotatable bonds is 5. The molecule has 0 spiro atoms. The van der Waals surface area contributed by atoms with Gasteiger partial charge in [-0.1, -0.05) is 42.0 Å². The second-order valence-electron chi connectivity index (χ2n) is 8.69. The second-order valence-corrected chi connectivity index (χ2v) is 14.6. The molecule has 0 aromatic heterocycles. The molecule has 0 saturated carbocycles. The number of hydrogen-bond acceptors (Lipinski definition) is 1. The molecule has 0 N–H and O–H groups in total. The van der Waals surface area contributed by atoms with Gasteiger partial charge in [0.1, 0.15) is 0 Å². The first-order chi connectivity index (χ1) is 13.8. The first-order valence-electron chi connectivity index (χ1n) is 10.4. The van der Waals surface area contributed by atoms with Gasteiger partial charge in [0.15, 0.2) is 8.32 Å². The zero-order valence-electron chi connectivity index (χ0n) is 19.0. The Balaban J connectivity index is 0.000000910. The molecule has 164 valence electrons. The summed E-state index contributed by atoms with van der Waals surface area (Å²) in [6, 6.07) is 22.1. The zero-order valence-corrected chi connectivity index (χ0v) is 23.9. The molecule has 0 bridgehead atoms. The summed E-state index contributed by atoms with van der Waals surface area (Å²) in [5, 5.41) is 2.71. The summed E-state index contributed by atoms with van der Waals surface area (Å²) in [6.45, 7) is 11.1. The van der Waals surface area contributed by atoms with E-state index in [0.717, 1.165) is 6.42 Å². The van der Waals surface area contributed by atoms with Gasteiger partial charge in [-0.25, -0.2) is 0 Å². The topological polar surface area (TPSA) is 9.23 Å². The van der Waals surface area contributed by atoms with E-state index in [0.29, 0.717) is 5.92 Å². The van der Waals surface area contributed by atoms with Crippen LogP contribution in [-0.2, 0) is 28.7 Å². The molecule has 0 radical (unpaired) electrons. The van der Waals surface area contributed by atoms with E-state index in [1.807, 2.05) is 6.92 Å². The summed E-state index contributed by atoms with van der Waals surface area (Å²) in [4.78, 5) is 0. The Morgan fingerprint density at radius 3 is 2.32 bits per heavy atom. The van der Waals surface area contributed by atoms with Crippen LogP contribution in [0.2, 0.25) is 19.6 Å². The molecule has 1 nitrogen and oxygen atoms in total. The molecule has 2 unspecified atom stereocenters. The summed E-state index contributed by atoms with van der Waals surface area (Å²) < 4.78 is 8.44. The van der Waals surface area contributed by atoms with E-state index in [1.165, 1.54) is 57.3 Å². The van der Waals surface area contributed by atoms with Crippen molar-refractivity contribution in [2.24, 2.45) is 0 Å². The van der Waals surface area contributed by atoms with Crippen LogP contribution < -0.4 is 24.8 Å². The predicted octanol–water partition coefficient (Wildman–Crippen LogP) is 1.08. The molecule has 0 amide bonds. The molecule has 1 aliphatic carbocycles. The molecule has 0 heterocycles. The zero-order chi connectivity index (χ0) is 21.0. The van der Waals surface area contributed by atoms with Gasteiger partial charge in [0, 0.05) is 6.10 Å². The summed E-state index contributed by atoms with van der Waals surface area (Å²) in [5.74, 6) is 0.346. The van der Waals surface area contributed by atoms with E-state index in [9.17, 15) is 0 Å². The van der Waals surface area contributed by atoms with Crippen molar-refractivity contribution in [3.63, 3.8) is 0 Å². The quantitative estimate of drug-likeness (QED) is 0.342. The number of halogens is 2. The van der Waals surface area contributed by atoms with Crippen LogP contribution in [0.3, 0.4) is 0 Å². The van der Waals surface area contributed by atoms with Crippen LogP contribution in [0.15, 0.2) is 66.2 Å². The largest absolute Gasteiger partial charge is 1.00 e. The van der Waals surface area contributed by atoms with Crippen LogP contribution in [0.25, 0.3) is 16.8 Å². The Kier molecular flexibility index (Phi) is 11.4. The fourth-order valence-corrected chi connectivity index (χ4v) is 5.63. The first-order valence-corrected chi connectivity index (χ1v) is 15.2. The van der Waals surface area contributed by atoms with Crippen LogP contribution in [0.4, 0.5) is 0 Å². The van der Waals surface area contributed by atoms with E-state index in [1.54, 1.807) is 0 Å². The van der Waals surface area contributed by atoms with Gasteiger partial charge in [0.25, 0.3) is 0 Å². The molecule has 31 heavy (non-hydrogen) atoms. The summed E-state index contributed by atoms with van der Waals surface area (Å²) in [7, 11) is -1.53. The minimum absolute atomic E-state index is 0. The van der Waals surface area contributed by atoms with Crippen molar-refractivity contribution in [3.8, 4) is 0 Å².